The third-order valence-electron chi connectivity index (χ3n) is 5.32. The lowest BCUT2D eigenvalue weighted by molar-refractivity contribution is -0.132. The van der Waals surface area contributed by atoms with Gasteiger partial charge in [0.15, 0.2) is 10.8 Å². The number of ether oxygens (including phenoxy) is 1. The van der Waals surface area contributed by atoms with Crippen molar-refractivity contribution in [3.8, 4) is 5.75 Å². The minimum Gasteiger partial charge on any atom is -0.467 e. The van der Waals surface area contributed by atoms with E-state index >= 15 is 0 Å². The van der Waals surface area contributed by atoms with Gasteiger partial charge in [-0.05, 0) is 57.6 Å². The number of hydrogen-bond donors (Lipinski definition) is 3. The van der Waals surface area contributed by atoms with E-state index in [1.807, 2.05) is 52.0 Å². The number of carbonyl (C=O) groups is 1. The van der Waals surface area contributed by atoms with Gasteiger partial charge in [0, 0.05) is 11.3 Å². The topological polar surface area (TPSA) is 62.4 Å². The molecule has 0 aliphatic carbocycles. The third-order valence-corrected chi connectivity index (χ3v) is 5.54. The minimum atomic E-state index is -0.919. The van der Waals surface area contributed by atoms with Crippen LogP contribution in [-0.4, -0.2) is 16.7 Å². The maximum atomic E-state index is 13.3. The highest BCUT2D eigenvalue weighted by Crippen LogP contribution is 2.45. The molecule has 0 aromatic heterocycles. The molecular weight excluding hydrogens is 358 g/mol. The van der Waals surface area contributed by atoms with Crippen LogP contribution in [0.1, 0.15) is 35.2 Å². The fraction of sp³-hybridized carbons (Fsp3) is 0.333. The van der Waals surface area contributed by atoms with E-state index in [0.717, 1.165) is 33.7 Å². The normalized spacial score (nSPS) is 25.6. The van der Waals surface area contributed by atoms with Gasteiger partial charge in [-0.3, -0.25) is 4.79 Å². The SMILES string of the molecule is Cc1ccc(NC(=O)C2C3NC(=S)NC2(C)Oc2ccc(C)cc23)c(C)c1. The summed E-state index contributed by atoms with van der Waals surface area (Å²) in [5.74, 6) is 0.175. The van der Waals surface area contributed by atoms with Gasteiger partial charge in [0.05, 0.1) is 6.04 Å². The Bertz CT molecular complexity index is 958. The van der Waals surface area contributed by atoms with E-state index in [1.54, 1.807) is 0 Å². The van der Waals surface area contributed by atoms with Crippen molar-refractivity contribution in [3.63, 3.8) is 0 Å². The summed E-state index contributed by atoms with van der Waals surface area (Å²) >= 11 is 5.36. The maximum absolute atomic E-state index is 13.3. The van der Waals surface area contributed by atoms with E-state index in [-0.39, 0.29) is 11.9 Å². The monoisotopic (exact) mass is 381 g/mol. The van der Waals surface area contributed by atoms with Crippen molar-refractivity contribution >= 4 is 28.9 Å². The first-order valence-corrected chi connectivity index (χ1v) is 9.44. The first-order chi connectivity index (χ1) is 12.8. The number of nitrogens with one attached hydrogen (secondary N) is 3. The molecule has 0 saturated carbocycles. The Morgan fingerprint density at radius 2 is 1.85 bits per heavy atom. The Balaban J connectivity index is 1.73. The van der Waals surface area contributed by atoms with Crippen LogP contribution in [0.2, 0.25) is 0 Å². The van der Waals surface area contributed by atoms with Gasteiger partial charge in [-0.2, -0.15) is 0 Å². The molecular formula is C21H23N3O2S. The average Bonchev–Trinajstić information content (AvgIpc) is 2.57. The number of thiocarbonyl (C=S) groups is 1. The molecule has 140 valence electrons. The van der Waals surface area contributed by atoms with Gasteiger partial charge in [0.2, 0.25) is 5.91 Å². The van der Waals surface area contributed by atoms with Crippen LogP contribution in [0.25, 0.3) is 0 Å². The number of benzene rings is 2. The van der Waals surface area contributed by atoms with Crippen molar-refractivity contribution in [3.05, 3.63) is 58.7 Å². The molecule has 0 spiro atoms. The molecule has 1 fully saturated rings. The van der Waals surface area contributed by atoms with Gasteiger partial charge in [0.25, 0.3) is 0 Å². The highest BCUT2D eigenvalue weighted by molar-refractivity contribution is 7.80. The van der Waals surface area contributed by atoms with Crippen molar-refractivity contribution in [2.45, 2.75) is 39.5 Å². The summed E-state index contributed by atoms with van der Waals surface area (Å²) in [6, 6.07) is 11.7. The lowest BCUT2D eigenvalue weighted by Crippen LogP contribution is -2.70. The molecule has 1 amide bonds. The number of amides is 1. The molecule has 3 atom stereocenters. The highest BCUT2D eigenvalue weighted by Gasteiger charge is 2.54. The number of rotatable bonds is 2. The summed E-state index contributed by atoms with van der Waals surface area (Å²) in [4.78, 5) is 13.3. The van der Waals surface area contributed by atoms with Crippen LogP contribution in [0.5, 0.6) is 5.75 Å². The molecule has 2 aliphatic rings. The van der Waals surface area contributed by atoms with Crippen LogP contribution in [0.15, 0.2) is 36.4 Å². The number of hydrogen-bond acceptors (Lipinski definition) is 3. The van der Waals surface area contributed by atoms with E-state index in [0.29, 0.717) is 5.11 Å². The Morgan fingerprint density at radius 1 is 1.15 bits per heavy atom. The van der Waals surface area contributed by atoms with E-state index in [2.05, 4.69) is 28.1 Å². The molecule has 2 heterocycles. The molecule has 2 aromatic carbocycles. The van der Waals surface area contributed by atoms with Gasteiger partial charge >= 0.3 is 0 Å². The number of carbonyl (C=O) groups excluding carboxylic acids is 1. The van der Waals surface area contributed by atoms with Gasteiger partial charge in [-0.25, -0.2) is 0 Å². The minimum absolute atomic E-state index is 0.107. The zero-order valence-corrected chi connectivity index (χ0v) is 16.7. The standard InChI is InChI=1S/C21H23N3O2S/c1-11-5-7-15(13(3)9-11)22-19(25)17-18-14-10-12(2)6-8-16(14)26-21(17,4)24-20(27)23-18/h5-10,17-18H,1-4H3,(H,22,25)(H2,23,24,27). The van der Waals surface area contributed by atoms with Crippen LogP contribution in [-0.2, 0) is 4.79 Å². The smallest absolute Gasteiger partial charge is 0.236 e. The van der Waals surface area contributed by atoms with E-state index in [1.165, 1.54) is 0 Å². The van der Waals surface area contributed by atoms with E-state index in [4.69, 9.17) is 17.0 Å². The van der Waals surface area contributed by atoms with Crippen LogP contribution < -0.4 is 20.7 Å². The summed E-state index contributed by atoms with van der Waals surface area (Å²) in [5.41, 5.74) is 4.15. The molecule has 2 bridgehead atoms. The molecule has 3 N–H and O–H groups in total. The molecule has 2 aliphatic heterocycles. The molecule has 0 radical (unpaired) electrons. The van der Waals surface area contributed by atoms with Crippen molar-refractivity contribution in [1.29, 1.82) is 0 Å². The van der Waals surface area contributed by atoms with E-state index < -0.39 is 11.6 Å². The van der Waals surface area contributed by atoms with Gasteiger partial charge in [0.1, 0.15) is 11.7 Å². The highest BCUT2D eigenvalue weighted by atomic mass is 32.1. The third kappa shape index (κ3) is 3.04. The fourth-order valence-electron chi connectivity index (χ4n) is 4.03. The van der Waals surface area contributed by atoms with Gasteiger partial charge in [-0.15, -0.1) is 0 Å². The van der Waals surface area contributed by atoms with Crippen LogP contribution in [0.4, 0.5) is 5.69 Å². The van der Waals surface area contributed by atoms with Crippen molar-refractivity contribution in [2.24, 2.45) is 5.92 Å². The molecule has 3 unspecified atom stereocenters. The van der Waals surface area contributed by atoms with Crippen LogP contribution in [0.3, 0.4) is 0 Å². The summed E-state index contributed by atoms with van der Waals surface area (Å²) in [7, 11) is 0. The number of fused-ring (bicyclic) bond motifs is 4. The first kappa shape index (κ1) is 17.8. The van der Waals surface area contributed by atoms with E-state index in [9.17, 15) is 4.79 Å². The number of anilines is 1. The predicted molar refractivity (Wildman–Crippen MR) is 110 cm³/mol. The summed E-state index contributed by atoms with van der Waals surface area (Å²) in [6.07, 6.45) is 0. The Labute approximate surface area is 164 Å². The molecule has 27 heavy (non-hydrogen) atoms. The second-order valence-corrected chi connectivity index (χ2v) is 8.02. The molecule has 6 heteroatoms. The molecule has 1 saturated heterocycles. The van der Waals surface area contributed by atoms with Gasteiger partial charge < -0.3 is 20.7 Å². The zero-order valence-electron chi connectivity index (χ0n) is 15.8. The Morgan fingerprint density at radius 3 is 2.59 bits per heavy atom. The van der Waals surface area contributed by atoms with Crippen molar-refractivity contribution < 1.29 is 9.53 Å². The maximum Gasteiger partial charge on any atom is 0.236 e. The number of aryl methyl sites for hydroxylation is 3. The lowest BCUT2D eigenvalue weighted by Gasteiger charge is -2.50. The zero-order chi connectivity index (χ0) is 19.3. The summed E-state index contributed by atoms with van der Waals surface area (Å²) < 4.78 is 6.24. The molecule has 4 rings (SSSR count). The fourth-order valence-corrected chi connectivity index (χ4v) is 4.36. The average molecular weight is 382 g/mol. The summed E-state index contributed by atoms with van der Waals surface area (Å²) in [5, 5.41) is 10.0. The largest absolute Gasteiger partial charge is 0.467 e. The van der Waals surface area contributed by atoms with Crippen LogP contribution >= 0.6 is 12.2 Å². The lowest BCUT2D eigenvalue weighted by atomic mass is 9.79. The predicted octanol–water partition coefficient (Wildman–Crippen LogP) is 3.49. The summed E-state index contributed by atoms with van der Waals surface area (Å²) in [6.45, 7) is 7.93. The van der Waals surface area contributed by atoms with Crippen molar-refractivity contribution in [2.75, 3.05) is 5.32 Å². The Hall–Kier alpha value is -2.60. The second kappa shape index (κ2) is 6.23. The first-order valence-electron chi connectivity index (χ1n) is 9.03. The van der Waals surface area contributed by atoms with Crippen LogP contribution in [0, 0.1) is 26.7 Å². The van der Waals surface area contributed by atoms with Gasteiger partial charge in [-0.1, -0.05) is 35.4 Å². The quantitative estimate of drug-likeness (QED) is 0.695. The van der Waals surface area contributed by atoms with Crippen molar-refractivity contribution in [1.82, 2.24) is 10.6 Å². The molecule has 5 nitrogen and oxygen atoms in total. The Kier molecular flexibility index (Phi) is 4.11. The second-order valence-electron chi connectivity index (χ2n) is 7.61. The molecule has 2 aromatic rings.